The number of amides is 1. The Morgan fingerprint density at radius 1 is 1.27 bits per heavy atom. The lowest BCUT2D eigenvalue weighted by molar-refractivity contribution is 0.0117. The number of nitrogens with one attached hydrogen (secondary N) is 2. The molecule has 1 aromatic carbocycles. The third-order valence-electron chi connectivity index (χ3n) is 4.84. The largest absolute Gasteiger partial charge is 0.378 e. The number of carbonyl (C=O) groups excluding carboxylic acids is 1. The molecule has 2 heterocycles. The monoisotopic (exact) mass is 381 g/mol. The summed E-state index contributed by atoms with van der Waals surface area (Å²) in [4.78, 5) is 12.5. The molecule has 0 aliphatic carbocycles. The summed E-state index contributed by atoms with van der Waals surface area (Å²) in [5.74, 6) is -0.252. The fourth-order valence-corrected chi connectivity index (χ4v) is 4.80. The summed E-state index contributed by atoms with van der Waals surface area (Å²) in [6.45, 7) is 3.49. The third kappa shape index (κ3) is 4.82. The first-order chi connectivity index (χ1) is 12.6. The highest BCUT2D eigenvalue weighted by Crippen LogP contribution is 2.18. The van der Waals surface area contributed by atoms with Crippen molar-refractivity contribution in [1.82, 2.24) is 14.9 Å². The number of hydrogen-bond acceptors (Lipinski definition) is 5. The maximum Gasteiger partial charge on any atom is 0.251 e. The fraction of sp³-hybridized carbons (Fsp3) is 0.611. The Labute approximate surface area is 155 Å². The molecule has 0 bridgehead atoms. The van der Waals surface area contributed by atoms with Crippen LogP contribution in [-0.4, -0.2) is 64.1 Å². The normalized spacial score (nSPS) is 22.1. The lowest BCUT2D eigenvalue weighted by atomic mass is 10.1. The van der Waals surface area contributed by atoms with Crippen molar-refractivity contribution in [2.24, 2.45) is 0 Å². The minimum atomic E-state index is -3.56. The van der Waals surface area contributed by atoms with Crippen molar-refractivity contribution >= 4 is 15.9 Å². The molecule has 0 spiro atoms. The van der Waals surface area contributed by atoms with Gasteiger partial charge >= 0.3 is 0 Å². The first kappa shape index (κ1) is 19.3. The number of benzene rings is 1. The Kier molecular flexibility index (Phi) is 6.63. The van der Waals surface area contributed by atoms with Gasteiger partial charge in [-0.25, -0.2) is 8.42 Å². The van der Waals surface area contributed by atoms with Crippen LogP contribution in [0.25, 0.3) is 0 Å². The van der Waals surface area contributed by atoms with Crippen LogP contribution in [0.15, 0.2) is 29.2 Å². The van der Waals surface area contributed by atoms with Crippen molar-refractivity contribution in [3.63, 3.8) is 0 Å². The maximum absolute atomic E-state index is 12.7. The van der Waals surface area contributed by atoms with Crippen molar-refractivity contribution in [3.8, 4) is 0 Å². The molecular formula is C18H27N3O4S. The summed E-state index contributed by atoms with van der Waals surface area (Å²) in [7, 11) is -3.56. The van der Waals surface area contributed by atoms with Gasteiger partial charge in [0.2, 0.25) is 10.0 Å². The van der Waals surface area contributed by atoms with Gasteiger partial charge < -0.3 is 15.4 Å². The first-order valence-corrected chi connectivity index (χ1v) is 10.7. The molecular weight excluding hydrogens is 354 g/mol. The Bertz CT molecular complexity index is 711. The average Bonchev–Trinajstić information content (AvgIpc) is 2.69. The van der Waals surface area contributed by atoms with E-state index >= 15 is 0 Å². The number of hydrogen-bond donors (Lipinski definition) is 2. The predicted molar refractivity (Wildman–Crippen MR) is 98.6 cm³/mol. The molecule has 0 unspecified atom stereocenters. The van der Waals surface area contributed by atoms with E-state index in [0.29, 0.717) is 38.3 Å². The van der Waals surface area contributed by atoms with Crippen LogP contribution in [0.4, 0.5) is 0 Å². The van der Waals surface area contributed by atoms with Gasteiger partial charge in [-0.05, 0) is 43.9 Å². The standard InChI is InChI=1S/C18H27N3O4S/c22-18(20-8-7-16-5-1-2-13-25-16)15-4-3-6-17(14-15)26(23,24)21-11-9-19-10-12-21/h3-4,6,14,16,19H,1-2,5,7-13H2,(H,20,22)/t16-/m1/s1. The molecule has 3 rings (SSSR count). The van der Waals surface area contributed by atoms with Crippen molar-refractivity contribution in [2.45, 2.75) is 36.7 Å². The summed E-state index contributed by atoms with van der Waals surface area (Å²) in [6.07, 6.45) is 4.31. The number of nitrogens with zero attached hydrogens (tertiary/aromatic N) is 1. The summed E-state index contributed by atoms with van der Waals surface area (Å²) in [5.41, 5.74) is 0.366. The maximum atomic E-state index is 12.7. The quantitative estimate of drug-likeness (QED) is 0.767. The fourth-order valence-electron chi connectivity index (χ4n) is 3.32. The van der Waals surface area contributed by atoms with Crippen LogP contribution in [0, 0.1) is 0 Å². The van der Waals surface area contributed by atoms with Crippen LogP contribution in [0.2, 0.25) is 0 Å². The van der Waals surface area contributed by atoms with E-state index in [9.17, 15) is 13.2 Å². The number of carbonyl (C=O) groups is 1. The van der Waals surface area contributed by atoms with E-state index < -0.39 is 10.0 Å². The highest BCUT2D eigenvalue weighted by atomic mass is 32.2. The molecule has 7 nitrogen and oxygen atoms in total. The van der Waals surface area contributed by atoms with Crippen LogP contribution in [0.1, 0.15) is 36.0 Å². The zero-order valence-corrected chi connectivity index (χ0v) is 15.8. The topological polar surface area (TPSA) is 87.7 Å². The Balaban J connectivity index is 1.59. The van der Waals surface area contributed by atoms with Crippen LogP contribution in [0.3, 0.4) is 0 Å². The minimum absolute atomic E-state index is 0.169. The second-order valence-corrected chi connectivity index (χ2v) is 8.65. The van der Waals surface area contributed by atoms with Gasteiger partial charge in [-0.3, -0.25) is 4.79 Å². The molecule has 26 heavy (non-hydrogen) atoms. The van der Waals surface area contributed by atoms with Crippen LogP contribution in [-0.2, 0) is 14.8 Å². The van der Waals surface area contributed by atoms with E-state index in [2.05, 4.69) is 10.6 Å². The molecule has 2 saturated heterocycles. The first-order valence-electron chi connectivity index (χ1n) is 9.28. The highest BCUT2D eigenvalue weighted by Gasteiger charge is 2.26. The van der Waals surface area contributed by atoms with E-state index in [1.807, 2.05) is 0 Å². The van der Waals surface area contributed by atoms with E-state index in [1.54, 1.807) is 18.2 Å². The van der Waals surface area contributed by atoms with Gasteiger partial charge in [0, 0.05) is 44.9 Å². The van der Waals surface area contributed by atoms with Crippen LogP contribution < -0.4 is 10.6 Å². The van der Waals surface area contributed by atoms with E-state index in [1.165, 1.54) is 16.8 Å². The zero-order chi connectivity index (χ0) is 18.4. The summed E-state index contributed by atoms with van der Waals surface area (Å²) >= 11 is 0. The molecule has 2 N–H and O–H groups in total. The van der Waals surface area contributed by atoms with Crippen LogP contribution in [0.5, 0.6) is 0 Å². The van der Waals surface area contributed by atoms with Gasteiger partial charge in [0.1, 0.15) is 0 Å². The van der Waals surface area contributed by atoms with Crippen molar-refractivity contribution < 1.29 is 17.9 Å². The second kappa shape index (κ2) is 8.94. The van der Waals surface area contributed by atoms with Gasteiger partial charge in [-0.2, -0.15) is 4.31 Å². The summed E-state index contributed by atoms with van der Waals surface area (Å²) in [6, 6.07) is 6.27. The third-order valence-corrected chi connectivity index (χ3v) is 6.73. The summed E-state index contributed by atoms with van der Waals surface area (Å²) < 4.78 is 32.6. The molecule has 1 aromatic rings. The van der Waals surface area contributed by atoms with Crippen molar-refractivity contribution in [2.75, 3.05) is 39.3 Å². The number of rotatable bonds is 6. The number of sulfonamides is 1. The molecule has 0 aromatic heterocycles. The van der Waals surface area contributed by atoms with Crippen molar-refractivity contribution in [1.29, 1.82) is 0 Å². The molecule has 8 heteroatoms. The molecule has 2 aliphatic rings. The zero-order valence-electron chi connectivity index (χ0n) is 14.9. The van der Waals surface area contributed by atoms with Gasteiger partial charge in [0.05, 0.1) is 11.0 Å². The molecule has 1 atom stereocenters. The number of piperazine rings is 1. The molecule has 2 fully saturated rings. The van der Waals surface area contributed by atoms with E-state index in [4.69, 9.17) is 4.74 Å². The molecule has 0 saturated carbocycles. The average molecular weight is 381 g/mol. The highest BCUT2D eigenvalue weighted by molar-refractivity contribution is 7.89. The SMILES string of the molecule is O=C(NCC[C@H]1CCCCO1)c1cccc(S(=O)(=O)N2CCNCC2)c1. The lowest BCUT2D eigenvalue weighted by Gasteiger charge is -2.26. The van der Waals surface area contributed by atoms with Gasteiger partial charge in [0.25, 0.3) is 5.91 Å². The molecule has 2 aliphatic heterocycles. The second-order valence-electron chi connectivity index (χ2n) is 6.72. The number of ether oxygens (including phenoxy) is 1. The van der Waals surface area contributed by atoms with Gasteiger partial charge in [-0.1, -0.05) is 6.07 Å². The predicted octanol–water partition coefficient (Wildman–Crippen LogP) is 0.970. The lowest BCUT2D eigenvalue weighted by Crippen LogP contribution is -2.46. The van der Waals surface area contributed by atoms with Crippen LogP contribution >= 0.6 is 0 Å². The smallest absolute Gasteiger partial charge is 0.251 e. The van der Waals surface area contributed by atoms with Gasteiger partial charge in [0.15, 0.2) is 0 Å². The molecule has 1 amide bonds. The Hall–Kier alpha value is -1.48. The molecule has 144 valence electrons. The minimum Gasteiger partial charge on any atom is -0.378 e. The Morgan fingerprint density at radius 2 is 2.08 bits per heavy atom. The van der Waals surface area contributed by atoms with E-state index in [0.717, 1.165) is 25.9 Å². The summed E-state index contributed by atoms with van der Waals surface area (Å²) in [5, 5.41) is 6.00. The Morgan fingerprint density at radius 3 is 2.81 bits per heavy atom. The molecule has 0 radical (unpaired) electrons. The van der Waals surface area contributed by atoms with E-state index in [-0.39, 0.29) is 16.9 Å². The van der Waals surface area contributed by atoms with Crippen molar-refractivity contribution in [3.05, 3.63) is 29.8 Å². The van der Waals surface area contributed by atoms with Gasteiger partial charge in [-0.15, -0.1) is 0 Å².